The molecule has 4 nitrogen and oxygen atoms in total. The minimum Gasteiger partial charge on any atom is -0.399 e. The van der Waals surface area contributed by atoms with E-state index in [9.17, 15) is 4.79 Å². The third-order valence-electron chi connectivity index (χ3n) is 3.63. The van der Waals surface area contributed by atoms with Gasteiger partial charge in [-0.3, -0.25) is 4.79 Å². The Morgan fingerprint density at radius 3 is 2.60 bits per heavy atom. The van der Waals surface area contributed by atoms with Gasteiger partial charge in [-0.05, 0) is 30.7 Å². The quantitative estimate of drug-likeness (QED) is 0.479. The molecule has 0 aliphatic heterocycles. The predicted molar refractivity (Wildman–Crippen MR) is 107 cm³/mol. The molecule has 0 spiro atoms. The molecule has 2 aromatic carbocycles. The number of nitrogens with two attached hydrogens (primary N) is 1. The smallest absolute Gasteiger partial charge is 0.239 e. The second-order valence-electron chi connectivity index (χ2n) is 5.48. The number of carbonyl (C=O) groups excluding carboxylic acids is 1. The summed E-state index contributed by atoms with van der Waals surface area (Å²) in [6.45, 7) is 2.01. The van der Waals surface area contributed by atoms with Crippen molar-refractivity contribution in [2.45, 2.75) is 23.5 Å². The number of aromatic nitrogens is 1. The maximum absolute atomic E-state index is 12.6. The number of rotatable bonds is 6. The zero-order valence-electron chi connectivity index (χ0n) is 13.8. The van der Waals surface area contributed by atoms with Crippen LogP contribution in [0.5, 0.6) is 0 Å². The third-order valence-corrected chi connectivity index (χ3v) is 5.76. The minimum atomic E-state index is -0.173. The van der Waals surface area contributed by atoms with Gasteiger partial charge in [0, 0.05) is 21.5 Å². The first kappa shape index (κ1) is 17.5. The Hall–Kier alpha value is -2.31. The fourth-order valence-corrected chi connectivity index (χ4v) is 3.97. The maximum atomic E-state index is 12.6. The molecule has 3 rings (SSSR count). The van der Waals surface area contributed by atoms with Crippen LogP contribution in [0.15, 0.2) is 64.9 Å². The summed E-state index contributed by atoms with van der Waals surface area (Å²) in [4.78, 5) is 18.1. The molecule has 6 heteroatoms. The summed E-state index contributed by atoms with van der Waals surface area (Å²) >= 11 is 2.98. The summed E-state index contributed by atoms with van der Waals surface area (Å²) in [5, 5.41) is 5.35. The van der Waals surface area contributed by atoms with Crippen LogP contribution >= 0.6 is 23.1 Å². The summed E-state index contributed by atoms with van der Waals surface area (Å²) in [7, 11) is 0. The van der Waals surface area contributed by atoms with E-state index in [1.165, 1.54) is 23.1 Å². The highest BCUT2D eigenvalue weighted by Crippen LogP contribution is 2.29. The fraction of sp³-hybridized carbons (Fsp3) is 0.158. The Kier molecular flexibility index (Phi) is 5.73. The van der Waals surface area contributed by atoms with Crippen LogP contribution < -0.4 is 11.1 Å². The van der Waals surface area contributed by atoms with Gasteiger partial charge in [0.05, 0.1) is 10.9 Å². The van der Waals surface area contributed by atoms with Gasteiger partial charge in [0.15, 0.2) is 5.13 Å². The topological polar surface area (TPSA) is 68.0 Å². The normalized spacial score (nSPS) is 11.9. The lowest BCUT2D eigenvalue weighted by atomic mass is 10.2. The molecule has 0 aliphatic rings. The number of hydrogen-bond acceptors (Lipinski definition) is 5. The first-order chi connectivity index (χ1) is 12.2. The highest BCUT2D eigenvalue weighted by Gasteiger charge is 2.19. The number of carbonyl (C=O) groups is 1. The fourth-order valence-electron chi connectivity index (χ4n) is 2.29. The zero-order valence-corrected chi connectivity index (χ0v) is 15.4. The molecule has 25 heavy (non-hydrogen) atoms. The predicted octanol–water partition coefficient (Wildman–Crippen LogP) is 4.90. The van der Waals surface area contributed by atoms with Crippen LogP contribution in [-0.4, -0.2) is 16.1 Å². The third kappa shape index (κ3) is 4.61. The largest absolute Gasteiger partial charge is 0.399 e. The monoisotopic (exact) mass is 369 g/mol. The van der Waals surface area contributed by atoms with Gasteiger partial charge < -0.3 is 11.1 Å². The molecule has 1 aromatic heterocycles. The van der Waals surface area contributed by atoms with Crippen molar-refractivity contribution in [1.82, 2.24) is 4.98 Å². The van der Waals surface area contributed by atoms with E-state index in [4.69, 9.17) is 5.73 Å². The van der Waals surface area contributed by atoms with Gasteiger partial charge in [-0.25, -0.2) is 4.98 Å². The van der Waals surface area contributed by atoms with E-state index in [0.29, 0.717) is 5.13 Å². The summed E-state index contributed by atoms with van der Waals surface area (Å²) in [6.07, 6.45) is 0.734. The van der Waals surface area contributed by atoms with Crippen molar-refractivity contribution in [2.75, 3.05) is 11.1 Å². The van der Waals surface area contributed by atoms with Crippen molar-refractivity contribution in [3.63, 3.8) is 0 Å². The number of nitrogens with zero attached hydrogens (tertiary/aromatic N) is 1. The molecule has 0 aliphatic carbocycles. The molecular formula is C19H19N3OS2. The number of nitrogen functional groups attached to an aromatic ring is 1. The van der Waals surface area contributed by atoms with Gasteiger partial charge in [0.1, 0.15) is 0 Å². The molecule has 3 aromatic rings. The first-order valence-corrected chi connectivity index (χ1v) is 9.75. The van der Waals surface area contributed by atoms with E-state index in [2.05, 4.69) is 10.3 Å². The molecule has 0 saturated carbocycles. The van der Waals surface area contributed by atoms with Crippen LogP contribution in [-0.2, 0) is 4.79 Å². The minimum absolute atomic E-state index is 0.0294. The van der Waals surface area contributed by atoms with E-state index in [1.54, 1.807) is 0 Å². The molecule has 0 fully saturated rings. The molecule has 1 atom stereocenters. The number of nitrogens with one attached hydrogen (secondary N) is 1. The lowest BCUT2D eigenvalue weighted by Gasteiger charge is -2.13. The summed E-state index contributed by atoms with van der Waals surface area (Å²) < 4.78 is 0. The standard InChI is InChI=1S/C19H19N3OS2/c1-2-17(25-15-10-8-14(20)9-11-15)18(23)22-19-21-16(12-24-19)13-6-4-3-5-7-13/h3-12,17H,2,20H2,1H3,(H,21,22,23). The van der Waals surface area contributed by atoms with Crippen molar-refractivity contribution >= 4 is 39.8 Å². The average Bonchev–Trinajstić information content (AvgIpc) is 3.10. The first-order valence-electron chi connectivity index (χ1n) is 7.99. The molecular weight excluding hydrogens is 350 g/mol. The molecule has 0 bridgehead atoms. The highest BCUT2D eigenvalue weighted by atomic mass is 32.2. The van der Waals surface area contributed by atoms with E-state index >= 15 is 0 Å². The van der Waals surface area contributed by atoms with Gasteiger partial charge in [-0.2, -0.15) is 0 Å². The Morgan fingerprint density at radius 2 is 1.92 bits per heavy atom. The molecule has 0 saturated heterocycles. The van der Waals surface area contributed by atoms with Crippen molar-refractivity contribution in [3.05, 3.63) is 60.0 Å². The number of hydrogen-bond donors (Lipinski definition) is 2. The lowest BCUT2D eigenvalue weighted by molar-refractivity contribution is -0.115. The number of anilines is 2. The summed E-state index contributed by atoms with van der Waals surface area (Å²) in [5.74, 6) is -0.0294. The lowest BCUT2D eigenvalue weighted by Crippen LogP contribution is -2.24. The van der Waals surface area contributed by atoms with Crippen LogP contribution in [0, 0.1) is 0 Å². The summed E-state index contributed by atoms with van der Waals surface area (Å²) in [6, 6.07) is 17.5. The Balaban J connectivity index is 1.66. The SMILES string of the molecule is CCC(Sc1ccc(N)cc1)C(=O)Nc1nc(-c2ccccc2)cs1. The molecule has 3 N–H and O–H groups in total. The second kappa shape index (κ2) is 8.18. The van der Waals surface area contributed by atoms with Gasteiger partial charge in [0.2, 0.25) is 5.91 Å². The maximum Gasteiger partial charge on any atom is 0.239 e. The van der Waals surface area contributed by atoms with Crippen LogP contribution in [0.1, 0.15) is 13.3 Å². The zero-order chi connectivity index (χ0) is 17.6. The van der Waals surface area contributed by atoms with E-state index < -0.39 is 0 Å². The van der Waals surface area contributed by atoms with E-state index in [-0.39, 0.29) is 11.2 Å². The van der Waals surface area contributed by atoms with Crippen LogP contribution in [0.2, 0.25) is 0 Å². The molecule has 1 unspecified atom stereocenters. The summed E-state index contributed by atoms with van der Waals surface area (Å²) in [5.41, 5.74) is 8.35. The Labute approximate surface area is 155 Å². The van der Waals surface area contributed by atoms with E-state index in [0.717, 1.165) is 28.3 Å². The Bertz CT molecular complexity index is 831. The molecule has 0 radical (unpaired) electrons. The van der Waals surface area contributed by atoms with Crippen molar-refractivity contribution < 1.29 is 4.79 Å². The van der Waals surface area contributed by atoms with Crippen LogP contribution in [0.4, 0.5) is 10.8 Å². The number of thiazole rings is 1. The van der Waals surface area contributed by atoms with Crippen molar-refractivity contribution in [3.8, 4) is 11.3 Å². The van der Waals surface area contributed by atoms with Crippen molar-refractivity contribution in [2.24, 2.45) is 0 Å². The van der Waals surface area contributed by atoms with Crippen LogP contribution in [0.25, 0.3) is 11.3 Å². The van der Waals surface area contributed by atoms with Gasteiger partial charge in [0.25, 0.3) is 0 Å². The van der Waals surface area contributed by atoms with Crippen molar-refractivity contribution in [1.29, 1.82) is 0 Å². The molecule has 1 heterocycles. The number of amides is 1. The van der Waals surface area contributed by atoms with Gasteiger partial charge in [-0.15, -0.1) is 23.1 Å². The van der Waals surface area contributed by atoms with Gasteiger partial charge in [-0.1, -0.05) is 37.3 Å². The van der Waals surface area contributed by atoms with Crippen LogP contribution in [0.3, 0.4) is 0 Å². The van der Waals surface area contributed by atoms with Gasteiger partial charge >= 0.3 is 0 Å². The Morgan fingerprint density at radius 1 is 1.20 bits per heavy atom. The highest BCUT2D eigenvalue weighted by molar-refractivity contribution is 8.00. The number of benzene rings is 2. The molecule has 128 valence electrons. The average molecular weight is 370 g/mol. The number of thioether (sulfide) groups is 1. The second-order valence-corrected chi connectivity index (χ2v) is 7.61. The van der Waals surface area contributed by atoms with E-state index in [1.807, 2.05) is 66.9 Å². The molecule has 1 amide bonds.